The van der Waals surface area contributed by atoms with Crippen LogP contribution in [0, 0.1) is 6.92 Å². The van der Waals surface area contributed by atoms with Crippen molar-refractivity contribution in [3.63, 3.8) is 0 Å². The minimum atomic E-state index is -0.194. The third kappa shape index (κ3) is 5.03. The quantitative estimate of drug-likeness (QED) is 0.865. The maximum Gasteiger partial charge on any atom is 0.270 e. The molecule has 0 bridgehead atoms. The molecule has 27 heavy (non-hydrogen) atoms. The number of nitrogens with one attached hydrogen (secondary N) is 1. The molecular formula is C20H25N5O2. The number of rotatable bonds is 5. The maximum absolute atomic E-state index is 12.5. The average Bonchev–Trinajstić information content (AvgIpc) is 2.68. The number of hydrogen-bond acceptors (Lipinski definition) is 5. The molecule has 2 aromatic rings. The van der Waals surface area contributed by atoms with Crippen molar-refractivity contribution < 1.29 is 9.59 Å². The molecule has 1 saturated heterocycles. The lowest BCUT2D eigenvalue weighted by Crippen LogP contribution is -2.48. The van der Waals surface area contributed by atoms with Crippen LogP contribution in [0.2, 0.25) is 0 Å². The Balaban J connectivity index is 1.61. The van der Waals surface area contributed by atoms with Crippen LogP contribution < -0.4 is 10.2 Å². The van der Waals surface area contributed by atoms with Crippen LogP contribution >= 0.6 is 0 Å². The van der Waals surface area contributed by atoms with Crippen molar-refractivity contribution in [1.82, 2.24) is 20.2 Å². The summed E-state index contributed by atoms with van der Waals surface area (Å²) in [5.74, 6) is 1.20. The highest BCUT2D eigenvalue weighted by molar-refractivity contribution is 5.93. The Morgan fingerprint density at radius 1 is 1.07 bits per heavy atom. The largest absolute Gasteiger partial charge is 0.353 e. The molecule has 1 aliphatic heterocycles. The molecule has 0 unspecified atom stereocenters. The Labute approximate surface area is 159 Å². The third-order valence-electron chi connectivity index (χ3n) is 4.65. The molecule has 1 aliphatic rings. The Hall–Kier alpha value is -2.96. The summed E-state index contributed by atoms with van der Waals surface area (Å²) in [4.78, 5) is 36.6. The van der Waals surface area contributed by atoms with E-state index in [0.29, 0.717) is 44.2 Å². The molecule has 2 amide bonds. The number of amides is 2. The molecule has 0 atom stereocenters. The second kappa shape index (κ2) is 8.62. The first-order chi connectivity index (χ1) is 13.0. The van der Waals surface area contributed by atoms with Crippen molar-refractivity contribution >= 4 is 17.6 Å². The van der Waals surface area contributed by atoms with Crippen LogP contribution in [0.1, 0.15) is 28.8 Å². The zero-order valence-corrected chi connectivity index (χ0v) is 15.8. The normalized spacial score (nSPS) is 14.1. The van der Waals surface area contributed by atoms with Gasteiger partial charge in [0, 0.05) is 45.7 Å². The van der Waals surface area contributed by atoms with E-state index in [0.717, 1.165) is 12.2 Å². The van der Waals surface area contributed by atoms with E-state index >= 15 is 0 Å². The van der Waals surface area contributed by atoms with Gasteiger partial charge in [0.15, 0.2) is 0 Å². The summed E-state index contributed by atoms with van der Waals surface area (Å²) in [7, 11) is 0. The van der Waals surface area contributed by atoms with E-state index < -0.39 is 0 Å². The zero-order valence-electron chi connectivity index (χ0n) is 15.8. The van der Waals surface area contributed by atoms with E-state index in [1.807, 2.05) is 35.2 Å². The van der Waals surface area contributed by atoms with E-state index in [4.69, 9.17) is 0 Å². The summed E-state index contributed by atoms with van der Waals surface area (Å²) in [6.07, 6.45) is 0.774. The van der Waals surface area contributed by atoms with Gasteiger partial charge < -0.3 is 15.1 Å². The monoisotopic (exact) mass is 367 g/mol. The lowest BCUT2D eigenvalue weighted by molar-refractivity contribution is -0.129. The number of carbonyl (C=O) groups is 2. The summed E-state index contributed by atoms with van der Waals surface area (Å²) in [6.45, 7) is 6.65. The van der Waals surface area contributed by atoms with E-state index in [9.17, 15) is 9.59 Å². The summed E-state index contributed by atoms with van der Waals surface area (Å²) in [6, 6.07) is 11.8. The summed E-state index contributed by atoms with van der Waals surface area (Å²) < 4.78 is 0. The van der Waals surface area contributed by atoms with Crippen LogP contribution in [0.5, 0.6) is 0 Å². The van der Waals surface area contributed by atoms with Gasteiger partial charge in [0.25, 0.3) is 5.91 Å². The number of nitrogens with zero attached hydrogens (tertiary/aromatic N) is 4. The molecule has 7 heteroatoms. The summed E-state index contributed by atoms with van der Waals surface area (Å²) in [5.41, 5.74) is 1.56. The van der Waals surface area contributed by atoms with Gasteiger partial charge in [-0.2, -0.15) is 0 Å². The van der Waals surface area contributed by atoms with Crippen molar-refractivity contribution in [3.05, 3.63) is 53.5 Å². The number of aromatic nitrogens is 2. The number of piperazine rings is 1. The van der Waals surface area contributed by atoms with Crippen LogP contribution in [0.25, 0.3) is 0 Å². The van der Waals surface area contributed by atoms with Crippen LogP contribution in [-0.4, -0.2) is 59.4 Å². The van der Waals surface area contributed by atoms with Gasteiger partial charge in [-0.15, -0.1) is 0 Å². The Morgan fingerprint density at radius 3 is 2.44 bits per heavy atom. The van der Waals surface area contributed by atoms with Gasteiger partial charge in [0.1, 0.15) is 17.3 Å². The number of benzene rings is 1. The van der Waals surface area contributed by atoms with Crippen molar-refractivity contribution in [2.24, 2.45) is 0 Å². The van der Waals surface area contributed by atoms with Crippen LogP contribution in [0.4, 0.5) is 5.82 Å². The van der Waals surface area contributed by atoms with Crippen LogP contribution in [0.3, 0.4) is 0 Å². The predicted octanol–water partition coefficient (Wildman–Crippen LogP) is 1.43. The highest BCUT2D eigenvalue weighted by atomic mass is 16.2. The molecule has 142 valence electrons. The first kappa shape index (κ1) is 18.8. The summed E-state index contributed by atoms with van der Waals surface area (Å²) >= 11 is 0. The Morgan fingerprint density at radius 2 is 1.78 bits per heavy atom. The van der Waals surface area contributed by atoms with Gasteiger partial charge in [-0.3, -0.25) is 9.59 Å². The van der Waals surface area contributed by atoms with Gasteiger partial charge in [0.05, 0.1) is 0 Å². The average molecular weight is 367 g/mol. The SMILES string of the molecule is CC(=O)N1CCN(c2cc(C(=O)NCCc3ccccc3)nc(C)n2)CC1. The van der Waals surface area contributed by atoms with Crippen LogP contribution in [-0.2, 0) is 11.2 Å². The molecule has 7 nitrogen and oxygen atoms in total. The fraction of sp³-hybridized carbons (Fsp3) is 0.400. The van der Waals surface area contributed by atoms with Gasteiger partial charge in [-0.25, -0.2) is 9.97 Å². The van der Waals surface area contributed by atoms with Gasteiger partial charge in [0.2, 0.25) is 5.91 Å². The second-order valence-electron chi connectivity index (χ2n) is 6.64. The van der Waals surface area contributed by atoms with Crippen molar-refractivity contribution in [3.8, 4) is 0 Å². The number of aryl methyl sites for hydroxylation is 1. The molecule has 0 radical (unpaired) electrons. The van der Waals surface area contributed by atoms with Crippen molar-refractivity contribution in [2.45, 2.75) is 20.3 Å². The smallest absolute Gasteiger partial charge is 0.270 e. The molecule has 3 rings (SSSR count). The Bertz CT molecular complexity index is 801. The molecule has 2 heterocycles. The fourth-order valence-electron chi connectivity index (χ4n) is 3.14. The van der Waals surface area contributed by atoms with Crippen LogP contribution in [0.15, 0.2) is 36.4 Å². The molecular weight excluding hydrogens is 342 g/mol. The van der Waals surface area contributed by atoms with Gasteiger partial charge in [-0.05, 0) is 18.9 Å². The standard InChI is InChI=1S/C20H25N5O2/c1-15-22-18(20(27)21-9-8-17-6-4-3-5-7-17)14-19(23-15)25-12-10-24(11-13-25)16(2)26/h3-7,14H,8-13H2,1-2H3,(H,21,27). The van der Waals surface area contributed by atoms with Gasteiger partial charge >= 0.3 is 0 Å². The number of anilines is 1. The molecule has 1 fully saturated rings. The lowest BCUT2D eigenvalue weighted by Gasteiger charge is -2.35. The highest BCUT2D eigenvalue weighted by Gasteiger charge is 2.21. The van der Waals surface area contributed by atoms with Crippen molar-refractivity contribution in [1.29, 1.82) is 0 Å². The van der Waals surface area contributed by atoms with E-state index in [2.05, 4.69) is 20.2 Å². The maximum atomic E-state index is 12.5. The molecule has 0 spiro atoms. The highest BCUT2D eigenvalue weighted by Crippen LogP contribution is 2.15. The predicted molar refractivity (Wildman–Crippen MR) is 104 cm³/mol. The van der Waals surface area contributed by atoms with E-state index in [1.165, 1.54) is 5.56 Å². The fourth-order valence-corrected chi connectivity index (χ4v) is 3.14. The molecule has 1 aromatic carbocycles. The van der Waals surface area contributed by atoms with Crippen molar-refractivity contribution in [2.75, 3.05) is 37.6 Å². The Kier molecular flexibility index (Phi) is 6.01. The minimum Gasteiger partial charge on any atom is -0.353 e. The second-order valence-corrected chi connectivity index (χ2v) is 6.64. The van der Waals surface area contributed by atoms with E-state index in [-0.39, 0.29) is 11.8 Å². The topological polar surface area (TPSA) is 78.4 Å². The summed E-state index contributed by atoms with van der Waals surface area (Å²) in [5, 5.41) is 2.93. The molecule has 1 aromatic heterocycles. The molecule has 1 N–H and O–H groups in total. The minimum absolute atomic E-state index is 0.0898. The third-order valence-corrected chi connectivity index (χ3v) is 4.65. The zero-order chi connectivity index (χ0) is 19.2. The number of hydrogen-bond donors (Lipinski definition) is 1. The van der Waals surface area contributed by atoms with Gasteiger partial charge in [-0.1, -0.05) is 30.3 Å². The molecule has 0 aliphatic carbocycles. The molecule has 0 saturated carbocycles. The first-order valence-corrected chi connectivity index (χ1v) is 9.21. The first-order valence-electron chi connectivity index (χ1n) is 9.21. The lowest BCUT2D eigenvalue weighted by atomic mass is 10.1. The number of carbonyl (C=O) groups excluding carboxylic acids is 2. The van der Waals surface area contributed by atoms with E-state index in [1.54, 1.807) is 19.9 Å².